The van der Waals surface area contributed by atoms with Gasteiger partial charge in [-0.15, -0.1) is 0 Å². The smallest absolute Gasteiger partial charge is 0.332 e. The molecule has 7 nitrogen and oxygen atoms in total. The standard InChI is InChI=1S/C14H20N4O3S/c1-9(19)5-3-4-6-18-12(20)10-11(16(2)14(18)21)15-13-17(10)7-8-22-13/h9,19H,3-8H2,1-2H3/t9-/m1/s1. The van der Waals surface area contributed by atoms with Crippen molar-refractivity contribution in [1.82, 2.24) is 18.7 Å². The summed E-state index contributed by atoms with van der Waals surface area (Å²) in [5.74, 6) is 0.912. The number of thioether (sulfide) groups is 1. The third kappa shape index (κ3) is 2.50. The summed E-state index contributed by atoms with van der Waals surface area (Å²) < 4.78 is 4.66. The minimum atomic E-state index is -0.350. The molecule has 120 valence electrons. The van der Waals surface area contributed by atoms with E-state index in [9.17, 15) is 14.7 Å². The Kier molecular flexibility index (Phi) is 4.14. The highest BCUT2D eigenvalue weighted by Crippen LogP contribution is 2.27. The maximum atomic E-state index is 12.7. The van der Waals surface area contributed by atoms with Crippen LogP contribution in [0, 0.1) is 0 Å². The Morgan fingerprint density at radius 1 is 1.36 bits per heavy atom. The molecule has 3 rings (SSSR count). The van der Waals surface area contributed by atoms with Crippen LogP contribution in [0.1, 0.15) is 26.2 Å². The van der Waals surface area contributed by atoms with Gasteiger partial charge in [-0.2, -0.15) is 0 Å². The van der Waals surface area contributed by atoms with Gasteiger partial charge in [-0.05, 0) is 26.2 Å². The van der Waals surface area contributed by atoms with Gasteiger partial charge in [0.2, 0.25) is 0 Å². The third-order valence-corrected chi connectivity index (χ3v) is 4.95. The SMILES string of the molecule is C[C@@H](O)CCCCn1c(=O)c2c(nc3n2CCS3)n(C)c1=O. The predicted molar refractivity (Wildman–Crippen MR) is 85.5 cm³/mol. The van der Waals surface area contributed by atoms with E-state index in [1.54, 1.807) is 25.7 Å². The van der Waals surface area contributed by atoms with E-state index < -0.39 is 0 Å². The minimum Gasteiger partial charge on any atom is -0.393 e. The van der Waals surface area contributed by atoms with Crippen molar-refractivity contribution < 1.29 is 5.11 Å². The zero-order valence-electron chi connectivity index (χ0n) is 12.8. The van der Waals surface area contributed by atoms with E-state index in [0.29, 0.717) is 30.6 Å². The number of imidazole rings is 1. The second-order valence-electron chi connectivity index (χ2n) is 5.71. The normalized spacial score (nSPS) is 15.4. The summed E-state index contributed by atoms with van der Waals surface area (Å²) in [6.45, 7) is 2.87. The van der Waals surface area contributed by atoms with Gasteiger partial charge in [0.05, 0.1) is 6.10 Å². The lowest BCUT2D eigenvalue weighted by Gasteiger charge is -2.09. The molecule has 2 aromatic heterocycles. The highest BCUT2D eigenvalue weighted by atomic mass is 32.2. The van der Waals surface area contributed by atoms with Crippen LogP contribution in [0.3, 0.4) is 0 Å². The fourth-order valence-corrected chi connectivity index (χ4v) is 3.75. The van der Waals surface area contributed by atoms with Crippen molar-refractivity contribution in [3.63, 3.8) is 0 Å². The topological polar surface area (TPSA) is 82.1 Å². The maximum absolute atomic E-state index is 12.7. The van der Waals surface area contributed by atoms with Gasteiger partial charge >= 0.3 is 5.69 Å². The molecular formula is C14H20N4O3S. The number of aryl methyl sites for hydroxylation is 2. The summed E-state index contributed by atoms with van der Waals surface area (Å²) in [5.41, 5.74) is 0.419. The molecule has 1 atom stereocenters. The van der Waals surface area contributed by atoms with Gasteiger partial charge in [-0.3, -0.25) is 13.9 Å². The zero-order valence-corrected chi connectivity index (χ0v) is 13.6. The van der Waals surface area contributed by atoms with Gasteiger partial charge in [0, 0.05) is 25.9 Å². The third-order valence-electron chi connectivity index (χ3n) is 4.00. The van der Waals surface area contributed by atoms with Crippen LogP contribution in [-0.2, 0) is 20.1 Å². The van der Waals surface area contributed by atoms with Gasteiger partial charge in [0.25, 0.3) is 5.56 Å². The minimum absolute atomic E-state index is 0.253. The van der Waals surface area contributed by atoms with Crippen LogP contribution < -0.4 is 11.2 Å². The number of aliphatic hydroxyl groups excluding tert-OH is 1. The molecule has 0 bridgehead atoms. The molecular weight excluding hydrogens is 304 g/mol. The van der Waals surface area contributed by atoms with E-state index in [4.69, 9.17) is 0 Å². The number of aliphatic hydroxyl groups is 1. The van der Waals surface area contributed by atoms with Crippen molar-refractivity contribution in [2.75, 3.05) is 5.75 Å². The van der Waals surface area contributed by atoms with Crippen LogP contribution in [0.25, 0.3) is 11.2 Å². The summed E-state index contributed by atoms with van der Waals surface area (Å²) in [7, 11) is 1.66. The van der Waals surface area contributed by atoms with Gasteiger partial charge in [-0.25, -0.2) is 9.78 Å². The monoisotopic (exact) mass is 324 g/mol. The number of rotatable bonds is 5. The summed E-state index contributed by atoms with van der Waals surface area (Å²) in [6, 6.07) is 0. The lowest BCUT2D eigenvalue weighted by Crippen LogP contribution is -2.39. The van der Waals surface area contributed by atoms with Crippen molar-refractivity contribution in [3.05, 3.63) is 20.8 Å². The van der Waals surface area contributed by atoms with Crippen LogP contribution in [0.5, 0.6) is 0 Å². The average Bonchev–Trinajstić information content (AvgIpc) is 3.04. The van der Waals surface area contributed by atoms with Crippen molar-refractivity contribution in [1.29, 1.82) is 0 Å². The maximum Gasteiger partial charge on any atom is 0.332 e. The molecule has 0 aromatic carbocycles. The molecule has 0 radical (unpaired) electrons. The molecule has 8 heteroatoms. The Morgan fingerprint density at radius 2 is 2.14 bits per heavy atom. The molecule has 1 aliphatic rings. The lowest BCUT2D eigenvalue weighted by atomic mass is 10.2. The molecule has 1 N–H and O–H groups in total. The summed E-state index contributed by atoms with van der Waals surface area (Å²) in [5, 5.41) is 10.1. The predicted octanol–water partition coefficient (Wildman–Crippen LogP) is 0.554. The van der Waals surface area contributed by atoms with E-state index in [1.165, 1.54) is 9.13 Å². The Bertz CT molecular complexity index is 818. The van der Waals surface area contributed by atoms with E-state index in [-0.39, 0.29) is 17.4 Å². The van der Waals surface area contributed by atoms with E-state index >= 15 is 0 Å². The first-order valence-electron chi connectivity index (χ1n) is 7.51. The zero-order chi connectivity index (χ0) is 15.9. The molecule has 0 saturated carbocycles. The van der Waals surface area contributed by atoms with Crippen molar-refractivity contribution in [3.8, 4) is 0 Å². The molecule has 0 amide bonds. The molecule has 1 aliphatic heterocycles. The number of fused-ring (bicyclic) bond motifs is 3. The molecule has 0 unspecified atom stereocenters. The van der Waals surface area contributed by atoms with E-state index in [0.717, 1.165) is 23.9 Å². The summed E-state index contributed by atoms with van der Waals surface area (Å²) in [6.07, 6.45) is 1.81. The molecule has 22 heavy (non-hydrogen) atoms. The first-order valence-corrected chi connectivity index (χ1v) is 8.50. The average molecular weight is 324 g/mol. The number of hydrogen-bond acceptors (Lipinski definition) is 5. The number of hydrogen-bond donors (Lipinski definition) is 1. The number of aromatic nitrogens is 4. The number of nitrogens with zero attached hydrogens (tertiary/aromatic N) is 4. The van der Waals surface area contributed by atoms with Gasteiger partial charge in [0.1, 0.15) is 0 Å². The molecule has 3 heterocycles. The van der Waals surface area contributed by atoms with Crippen molar-refractivity contribution in [2.24, 2.45) is 7.05 Å². The molecule has 0 aliphatic carbocycles. The van der Waals surface area contributed by atoms with Gasteiger partial charge in [-0.1, -0.05) is 11.8 Å². The first-order chi connectivity index (χ1) is 10.5. The van der Waals surface area contributed by atoms with E-state index in [1.807, 2.05) is 4.57 Å². The fourth-order valence-electron chi connectivity index (χ4n) is 2.80. The Balaban J connectivity index is 2.00. The quantitative estimate of drug-likeness (QED) is 0.813. The van der Waals surface area contributed by atoms with Crippen LogP contribution in [0.4, 0.5) is 0 Å². The number of unbranched alkanes of at least 4 members (excludes halogenated alkanes) is 1. The highest BCUT2D eigenvalue weighted by Gasteiger charge is 2.23. The van der Waals surface area contributed by atoms with Crippen LogP contribution >= 0.6 is 11.8 Å². The molecule has 2 aromatic rings. The van der Waals surface area contributed by atoms with Crippen molar-refractivity contribution >= 4 is 22.9 Å². The van der Waals surface area contributed by atoms with Crippen LogP contribution in [0.15, 0.2) is 14.7 Å². The summed E-state index contributed by atoms with van der Waals surface area (Å²) >= 11 is 1.61. The lowest BCUT2D eigenvalue weighted by molar-refractivity contribution is 0.180. The second-order valence-corrected chi connectivity index (χ2v) is 6.77. The molecule has 0 spiro atoms. The highest BCUT2D eigenvalue weighted by molar-refractivity contribution is 7.99. The Labute approximate surface area is 131 Å². The molecule has 0 fully saturated rings. The van der Waals surface area contributed by atoms with Crippen molar-refractivity contribution in [2.45, 2.75) is 50.5 Å². The Hall–Kier alpha value is -1.54. The van der Waals surface area contributed by atoms with Gasteiger partial charge < -0.3 is 9.67 Å². The van der Waals surface area contributed by atoms with E-state index in [2.05, 4.69) is 4.98 Å². The fraction of sp³-hybridized carbons (Fsp3) is 0.643. The Morgan fingerprint density at radius 3 is 2.86 bits per heavy atom. The first kappa shape index (κ1) is 15.4. The van der Waals surface area contributed by atoms with Gasteiger partial charge in [0.15, 0.2) is 16.3 Å². The second kappa shape index (κ2) is 5.92. The molecule has 0 saturated heterocycles. The van der Waals surface area contributed by atoms with Crippen LogP contribution in [-0.4, -0.2) is 35.6 Å². The largest absolute Gasteiger partial charge is 0.393 e. The van der Waals surface area contributed by atoms with Crippen LogP contribution in [0.2, 0.25) is 0 Å². The summed E-state index contributed by atoms with van der Waals surface area (Å²) in [4.78, 5) is 29.5.